The second-order valence-electron chi connectivity index (χ2n) is 6.37. The number of amides is 2. The van der Waals surface area contributed by atoms with Crippen LogP contribution in [-0.4, -0.2) is 26.7 Å². The summed E-state index contributed by atoms with van der Waals surface area (Å²) >= 11 is 0. The Labute approximate surface area is 146 Å². The van der Waals surface area contributed by atoms with Crippen LogP contribution in [0.4, 0.5) is 14.9 Å². The maximum atomic E-state index is 13.3. The number of carbonyl (C=O) groups is 1. The molecule has 0 saturated heterocycles. The topological polar surface area (TPSA) is 75.3 Å². The van der Waals surface area contributed by atoms with Crippen LogP contribution in [0.1, 0.15) is 23.5 Å². The quantitative estimate of drug-likeness (QED) is 0.877. The van der Waals surface area contributed by atoms with E-state index in [-0.39, 0.29) is 28.4 Å². The largest absolute Gasteiger partial charge is 0.334 e. The molecule has 3 rings (SSSR count). The van der Waals surface area contributed by atoms with Gasteiger partial charge in [0.1, 0.15) is 5.82 Å². The molecule has 0 spiro atoms. The molecular weight excluding hydrogens is 343 g/mol. The first-order valence-corrected chi connectivity index (χ1v) is 9.77. The van der Waals surface area contributed by atoms with Crippen molar-refractivity contribution in [1.82, 2.24) is 5.32 Å². The van der Waals surface area contributed by atoms with Gasteiger partial charge in [-0.2, -0.15) is 0 Å². The number of carbonyl (C=O) groups excluding carboxylic acids is 1. The summed E-state index contributed by atoms with van der Waals surface area (Å²) < 4.78 is 37.0. The van der Waals surface area contributed by atoms with Crippen molar-refractivity contribution in [2.75, 3.05) is 11.6 Å². The fourth-order valence-electron chi connectivity index (χ4n) is 2.85. The minimum atomic E-state index is -3.45. The fraction of sp³-hybridized carbons (Fsp3) is 0.278. The van der Waals surface area contributed by atoms with Crippen LogP contribution < -0.4 is 10.6 Å². The lowest BCUT2D eigenvalue weighted by atomic mass is 10.1. The molecule has 132 valence electrons. The molecule has 5 nitrogen and oxygen atoms in total. The van der Waals surface area contributed by atoms with Crippen molar-refractivity contribution in [3.05, 3.63) is 59.4 Å². The van der Waals surface area contributed by atoms with E-state index in [2.05, 4.69) is 10.6 Å². The number of sulfone groups is 1. The molecule has 2 atom stereocenters. The van der Waals surface area contributed by atoms with E-state index in [0.717, 1.165) is 23.8 Å². The second-order valence-corrected chi connectivity index (χ2v) is 8.36. The molecule has 0 radical (unpaired) electrons. The van der Waals surface area contributed by atoms with Gasteiger partial charge < -0.3 is 10.6 Å². The summed E-state index contributed by atoms with van der Waals surface area (Å²) in [6, 6.07) is 10.5. The number of aryl methyl sites for hydroxylation is 1. The van der Waals surface area contributed by atoms with E-state index in [1.54, 1.807) is 18.2 Å². The molecule has 0 heterocycles. The van der Waals surface area contributed by atoms with E-state index in [1.807, 2.05) is 13.0 Å². The van der Waals surface area contributed by atoms with Gasteiger partial charge in [0.05, 0.1) is 10.6 Å². The van der Waals surface area contributed by atoms with E-state index in [4.69, 9.17) is 0 Å². The highest BCUT2D eigenvalue weighted by atomic mass is 32.2. The molecule has 2 aromatic rings. The van der Waals surface area contributed by atoms with E-state index in [9.17, 15) is 17.6 Å². The van der Waals surface area contributed by atoms with Crippen molar-refractivity contribution >= 4 is 21.6 Å². The van der Waals surface area contributed by atoms with Gasteiger partial charge in [-0.1, -0.05) is 18.2 Å². The van der Waals surface area contributed by atoms with Crippen molar-refractivity contribution in [1.29, 1.82) is 0 Å². The Balaban J connectivity index is 1.68. The standard InChI is InChI=1S/C18H19FN2O3S/c1-11-6-7-17(25(2,23)24)16(8-11)21-18(22)20-15-10-14(15)12-4-3-5-13(19)9-12/h3-9,14-15H,10H2,1-2H3,(H2,20,21,22). The first kappa shape index (κ1) is 17.4. The van der Waals surface area contributed by atoms with Crippen LogP contribution in [0, 0.1) is 12.7 Å². The lowest BCUT2D eigenvalue weighted by molar-refractivity contribution is 0.251. The van der Waals surface area contributed by atoms with Gasteiger partial charge in [-0.15, -0.1) is 0 Å². The highest BCUT2D eigenvalue weighted by Gasteiger charge is 2.39. The summed E-state index contributed by atoms with van der Waals surface area (Å²) in [5.41, 5.74) is 1.94. The first-order valence-electron chi connectivity index (χ1n) is 7.88. The monoisotopic (exact) mass is 362 g/mol. The molecule has 2 aromatic carbocycles. The minimum Gasteiger partial charge on any atom is -0.334 e. The smallest absolute Gasteiger partial charge is 0.319 e. The van der Waals surface area contributed by atoms with Gasteiger partial charge in [-0.3, -0.25) is 0 Å². The van der Waals surface area contributed by atoms with E-state index < -0.39 is 15.9 Å². The Morgan fingerprint density at radius 2 is 1.96 bits per heavy atom. The third-order valence-electron chi connectivity index (χ3n) is 4.17. The van der Waals surface area contributed by atoms with Crippen molar-refractivity contribution in [2.45, 2.75) is 30.2 Å². The van der Waals surface area contributed by atoms with E-state index in [1.165, 1.54) is 18.2 Å². The number of hydrogen-bond donors (Lipinski definition) is 2. The summed E-state index contributed by atoms with van der Waals surface area (Å²) in [5, 5.41) is 5.41. The van der Waals surface area contributed by atoms with E-state index >= 15 is 0 Å². The van der Waals surface area contributed by atoms with Gasteiger partial charge in [0.25, 0.3) is 0 Å². The summed E-state index contributed by atoms with van der Waals surface area (Å²) in [6.45, 7) is 1.82. The molecule has 0 bridgehead atoms. The number of benzene rings is 2. The lowest BCUT2D eigenvalue weighted by Crippen LogP contribution is -2.31. The van der Waals surface area contributed by atoms with Gasteiger partial charge >= 0.3 is 6.03 Å². The molecule has 7 heteroatoms. The molecule has 0 aromatic heterocycles. The average Bonchev–Trinajstić information content (AvgIpc) is 3.25. The van der Waals surface area contributed by atoms with Gasteiger partial charge in [-0.25, -0.2) is 17.6 Å². The molecule has 1 aliphatic rings. The third-order valence-corrected chi connectivity index (χ3v) is 5.32. The van der Waals surface area contributed by atoms with Crippen molar-refractivity contribution in [3.63, 3.8) is 0 Å². The number of nitrogens with one attached hydrogen (secondary N) is 2. The fourth-order valence-corrected chi connectivity index (χ4v) is 3.68. The van der Waals surface area contributed by atoms with Gasteiger partial charge in [0, 0.05) is 18.2 Å². The van der Waals surface area contributed by atoms with Crippen molar-refractivity contribution in [2.24, 2.45) is 0 Å². The number of halogens is 1. The van der Waals surface area contributed by atoms with Crippen LogP contribution in [-0.2, 0) is 9.84 Å². The molecule has 1 aliphatic carbocycles. The minimum absolute atomic E-state index is 0.0747. The van der Waals surface area contributed by atoms with Crippen LogP contribution in [0.2, 0.25) is 0 Å². The third kappa shape index (κ3) is 4.17. The molecule has 25 heavy (non-hydrogen) atoms. The van der Waals surface area contributed by atoms with Crippen LogP contribution >= 0.6 is 0 Å². The molecule has 1 fully saturated rings. The number of rotatable bonds is 4. The predicted octanol–water partition coefficient (Wildman–Crippen LogP) is 3.22. The Morgan fingerprint density at radius 1 is 1.20 bits per heavy atom. The highest BCUT2D eigenvalue weighted by molar-refractivity contribution is 7.90. The van der Waals surface area contributed by atoms with Crippen molar-refractivity contribution < 1.29 is 17.6 Å². The van der Waals surface area contributed by atoms with Crippen LogP contribution in [0.25, 0.3) is 0 Å². The zero-order valence-corrected chi connectivity index (χ0v) is 14.7. The molecule has 1 saturated carbocycles. The molecule has 2 unspecified atom stereocenters. The Bertz CT molecular complexity index is 928. The van der Waals surface area contributed by atoms with Gasteiger partial charge in [0.15, 0.2) is 9.84 Å². The predicted molar refractivity (Wildman–Crippen MR) is 94.0 cm³/mol. The Kier molecular flexibility index (Phi) is 4.51. The van der Waals surface area contributed by atoms with Crippen LogP contribution in [0.3, 0.4) is 0 Å². The van der Waals surface area contributed by atoms with Gasteiger partial charge in [0.2, 0.25) is 0 Å². The normalized spacial score (nSPS) is 19.3. The lowest BCUT2D eigenvalue weighted by Gasteiger charge is -2.12. The second kappa shape index (κ2) is 6.48. The first-order chi connectivity index (χ1) is 11.7. The number of hydrogen-bond acceptors (Lipinski definition) is 3. The van der Waals surface area contributed by atoms with Crippen molar-refractivity contribution in [3.8, 4) is 0 Å². The van der Waals surface area contributed by atoms with Crippen LogP contribution in [0.15, 0.2) is 47.4 Å². The zero-order valence-electron chi connectivity index (χ0n) is 13.9. The molecule has 0 aliphatic heterocycles. The number of anilines is 1. The maximum absolute atomic E-state index is 13.3. The summed E-state index contributed by atoms with van der Waals surface area (Å²) in [4.78, 5) is 12.3. The average molecular weight is 362 g/mol. The summed E-state index contributed by atoms with van der Waals surface area (Å²) in [6.07, 6.45) is 1.82. The maximum Gasteiger partial charge on any atom is 0.319 e. The summed E-state index contributed by atoms with van der Waals surface area (Å²) in [7, 11) is -3.45. The van der Waals surface area contributed by atoms with E-state index in [0.29, 0.717) is 0 Å². The Morgan fingerprint density at radius 3 is 2.64 bits per heavy atom. The molecule has 2 N–H and O–H groups in total. The van der Waals surface area contributed by atoms with Crippen LogP contribution in [0.5, 0.6) is 0 Å². The number of urea groups is 1. The van der Waals surface area contributed by atoms with Gasteiger partial charge in [-0.05, 0) is 48.7 Å². The highest BCUT2D eigenvalue weighted by Crippen LogP contribution is 2.41. The summed E-state index contributed by atoms with van der Waals surface area (Å²) in [5.74, 6) is -0.224. The molecular formula is C18H19FN2O3S. The Hall–Kier alpha value is -2.41. The zero-order chi connectivity index (χ0) is 18.2. The SMILES string of the molecule is Cc1ccc(S(C)(=O)=O)c(NC(=O)NC2CC2c2cccc(F)c2)c1. The molecule has 2 amide bonds.